The molecule has 1 aromatic rings. The van der Waals surface area contributed by atoms with Crippen molar-refractivity contribution in [1.29, 1.82) is 0 Å². The molecule has 0 fully saturated rings. The maximum atomic E-state index is 13.9. The van der Waals surface area contributed by atoms with Gasteiger partial charge in [0.2, 0.25) is 11.8 Å². The van der Waals surface area contributed by atoms with Crippen LogP contribution in [0.15, 0.2) is 29.5 Å². The van der Waals surface area contributed by atoms with Gasteiger partial charge in [0.15, 0.2) is 0 Å². The summed E-state index contributed by atoms with van der Waals surface area (Å²) in [5, 5.41) is 4.92. The number of benzene rings is 1. The van der Waals surface area contributed by atoms with Crippen LogP contribution in [-0.4, -0.2) is 24.9 Å². The minimum Gasteiger partial charge on any atom is -0.466 e. The molecule has 1 aliphatic heterocycles. The number of allylic oxidation sites excluding steroid dienone is 1. The third kappa shape index (κ3) is 3.56. The van der Waals surface area contributed by atoms with Crippen molar-refractivity contribution in [3.05, 3.63) is 40.8 Å². The summed E-state index contributed by atoms with van der Waals surface area (Å²) in [7, 11) is 1.19. The standard InChI is InChI=1S/C16H17FN2O4/c1-8-4-5-12(11(17)6-8)19-15(21)10-7-13(20)18-9(2)14(10)16(22)23-3/h4-6,10H,7H2,1-3H3,(H,18,20)(H,19,21). The Morgan fingerprint density at radius 3 is 2.65 bits per heavy atom. The quantitative estimate of drug-likeness (QED) is 0.830. The van der Waals surface area contributed by atoms with E-state index in [0.29, 0.717) is 5.56 Å². The van der Waals surface area contributed by atoms with Crippen LogP contribution in [0.2, 0.25) is 0 Å². The van der Waals surface area contributed by atoms with Crippen LogP contribution in [0.5, 0.6) is 0 Å². The second-order valence-corrected chi connectivity index (χ2v) is 5.31. The second kappa shape index (κ2) is 6.60. The highest BCUT2D eigenvalue weighted by atomic mass is 19.1. The topological polar surface area (TPSA) is 84.5 Å². The van der Waals surface area contributed by atoms with Crippen LogP contribution in [-0.2, 0) is 19.1 Å². The summed E-state index contributed by atoms with van der Waals surface area (Å²) in [5.74, 6) is -3.34. The smallest absolute Gasteiger partial charge is 0.336 e. The number of carbonyl (C=O) groups excluding carboxylic acids is 3. The molecule has 6 nitrogen and oxygen atoms in total. The minimum absolute atomic E-state index is 0.00606. The van der Waals surface area contributed by atoms with E-state index >= 15 is 0 Å². The molecule has 1 aromatic carbocycles. The van der Waals surface area contributed by atoms with E-state index in [2.05, 4.69) is 15.4 Å². The summed E-state index contributed by atoms with van der Waals surface area (Å²) < 4.78 is 18.5. The summed E-state index contributed by atoms with van der Waals surface area (Å²) in [6.07, 6.45) is -0.207. The number of esters is 1. The number of nitrogens with one attached hydrogen (secondary N) is 2. The lowest BCUT2D eigenvalue weighted by Crippen LogP contribution is -2.40. The van der Waals surface area contributed by atoms with E-state index in [4.69, 9.17) is 0 Å². The molecular formula is C16H17FN2O4. The summed E-state index contributed by atoms with van der Waals surface area (Å²) >= 11 is 0. The number of aryl methyl sites for hydroxylation is 1. The summed E-state index contributed by atoms with van der Waals surface area (Å²) in [6, 6.07) is 4.36. The predicted octanol–water partition coefficient (Wildman–Crippen LogP) is 1.66. The van der Waals surface area contributed by atoms with E-state index in [-0.39, 0.29) is 29.3 Å². The zero-order chi connectivity index (χ0) is 17.1. The Morgan fingerprint density at radius 2 is 2.04 bits per heavy atom. The fraction of sp³-hybridized carbons (Fsp3) is 0.312. The van der Waals surface area contributed by atoms with Crippen molar-refractivity contribution in [1.82, 2.24) is 5.32 Å². The average molecular weight is 320 g/mol. The third-order valence-corrected chi connectivity index (χ3v) is 3.57. The first-order valence-electron chi connectivity index (χ1n) is 6.99. The van der Waals surface area contributed by atoms with Crippen molar-refractivity contribution < 1.29 is 23.5 Å². The van der Waals surface area contributed by atoms with E-state index in [0.717, 1.165) is 0 Å². The zero-order valence-electron chi connectivity index (χ0n) is 13.0. The maximum absolute atomic E-state index is 13.9. The van der Waals surface area contributed by atoms with Crippen molar-refractivity contribution in [2.24, 2.45) is 5.92 Å². The van der Waals surface area contributed by atoms with Gasteiger partial charge in [-0.15, -0.1) is 0 Å². The number of rotatable bonds is 3. The average Bonchev–Trinajstić information content (AvgIpc) is 2.48. The van der Waals surface area contributed by atoms with Crippen LogP contribution in [0.4, 0.5) is 10.1 Å². The van der Waals surface area contributed by atoms with Crippen LogP contribution < -0.4 is 10.6 Å². The molecule has 7 heteroatoms. The monoisotopic (exact) mass is 320 g/mol. The van der Waals surface area contributed by atoms with Gasteiger partial charge in [-0.25, -0.2) is 9.18 Å². The van der Waals surface area contributed by atoms with Gasteiger partial charge < -0.3 is 15.4 Å². The number of anilines is 1. The van der Waals surface area contributed by atoms with Crippen LogP contribution in [0.1, 0.15) is 18.9 Å². The van der Waals surface area contributed by atoms with Crippen molar-refractivity contribution in [2.45, 2.75) is 20.3 Å². The van der Waals surface area contributed by atoms with Gasteiger partial charge in [-0.3, -0.25) is 9.59 Å². The molecule has 1 atom stereocenters. The number of carbonyl (C=O) groups is 3. The first-order valence-corrected chi connectivity index (χ1v) is 6.99. The zero-order valence-corrected chi connectivity index (χ0v) is 13.0. The molecule has 1 unspecified atom stereocenters. The molecule has 2 rings (SSSR count). The molecule has 0 aliphatic carbocycles. The van der Waals surface area contributed by atoms with E-state index in [9.17, 15) is 18.8 Å². The summed E-state index contributed by atoms with van der Waals surface area (Å²) in [4.78, 5) is 36.0. The van der Waals surface area contributed by atoms with E-state index in [1.165, 1.54) is 26.2 Å². The molecule has 1 heterocycles. The molecule has 122 valence electrons. The summed E-state index contributed by atoms with van der Waals surface area (Å²) in [6.45, 7) is 3.23. The number of ether oxygens (including phenoxy) is 1. The number of halogens is 1. The van der Waals surface area contributed by atoms with Crippen molar-refractivity contribution in [3.63, 3.8) is 0 Å². The Hall–Kier alpha value is -2.70. The van der Waals surface area contributed by atoms with E-state index < -0.39 is 23.6 Å². The van der Waals surface area contributed by atoms with Crippen molar-refractivity contribution >= 4 is 23.5 Å². The maximum Gasteiger partial charge on any atom is 0.336 e. The van der Waals surface area contributed by atoms with Gasteiger partial charge >= 0.3 is 5.97 Å². The Balaban J connectivity index is 2.30. The fourth-order valence-electron chi connectivity index (χ4n) is 2.45. The highest BCUT2D eigenvalue weighted by Crippen LogP contribution is 2.26. The molecule has 2 N–H and O–H groups in total. The lowest BCUT2D eigenvalue weighted by Gasteiger charge is -2.25. The number of methoxy groups -OCH3 is 1. The van der Waals surface area contributed by atoms with Gasteiger partial charge in [-0.2, -0.15) is 0 Å². The molecule has 1 aliphatic rings. The largest absolute Gasteiger partial charge is 0.466 e. The molecule has 0 radical (unpaired) electrons. The van der Waals surface area contributed by atoms with Crippen LogP contribution in [0.3, 0.4) is 0 Å². The SMILES string of the molecule is COC(=O)C1=C(C)NC(=O)CC1C(=O)Nc1ccc(C)cc1F. The highest BCUT2D eigenvalue weighted by molar-refractivity contribution is 6.06. The lowest BCUT2D eigenvalue weighted by atomic mass is 9.89. The van der Waals surface area contributed by atoms with Crippen molar-refractivity contribution in [3.8, 4) is 0 Å². The Labute approximate surface area is 132 Å². The van der Waals surface area contributed by atoms with Crippen LogP contribution in [0.25, 0.3) is 0 Å². The van der Waals surface area contributed by atoms with Gasteiger partial charge in [0, 0.05) is 12.1 Å². The lowest BCUT2D eigenvalue weighted by molar-refractivity contribution is -0.139. The molecular weight excluding hydrogens is 303 g/mol. The van der Waals surface area contributed by atoms with Gasteiger partial charge in [0.05, 0.1) is 24.3 Å². The molecule has 0 saturated heterocycles. The molecule has 0 spiro atoms. The van der Waals surface area contributed by atoms with Crippen molar-refractivity contribution in [2.75, 3.05) is 12.4 Å². The van der Waals surface area contributed by atoms with E-state index in [1.807, 2.05) is 0 Å². The van der Waals surface area contributed by atoms with Gasteiger partial charge in [-0.1, -0.05) is 6.07 Å². The van der Waals surface area contributed by atoms with Crippen LogP contribution in [0, 0.1) is 18.7 Å². The van der Waals surface area contributed by atoms with E-state index in [1.54, 1.807) is 13.0 Å². The predicted molar refractivity (Wildman–Crippen MR) is 80.7 cm³/mol. The number of hydrogen-bond acceptors (Lipinski definition) is 4. The first-order chi connectivity index (χ1) is 10.8. The third-order valence-electron chi connectivity index (χ3n) is 3.57. The Morgan fingerprint density at radius 1 is 1.35 bits per heavy atom. The van der Waals surface area contributed by atoms with Gasteiger partial charge in [0.1, 0.15) is 5.82 Å². The molecule has 2 amide bonds. The molecule has 0 aromatic heterocycles. The highest BCUT2D eigenvalue weighted by Gasteiger charge is 2.36. The number of amides is 2. The van der Waals surface area contributed by atoms with Crippen LogP contribution >= 0.6 is 0 Å². The Kier molecular flexibility index (Phi) is 4.78. The molecule has 0 bridgehead atoms. The van der Waals surface area contributed by atoms with Gasteiger partial charge in [0.25, 0.3) is 0 Å². The Bertz CT molecular complexity index is 712. The number of hydrogen-bond donors (Lipinski definition) is 2. The normalized spacial score (nSPS) is 17.6. The summed E-state index contributed by atoms with van der Waals surface area (Å²) in [5.41, 5.74) is 1.03. The second-order valence-electron chi connectivity index (χ2n) is 5.31. The first kappa shape index (κ1) is 16.7. The fourth-order valence-corrected chi connectivity index (χ4v) is 2.45. The molecule has 0 saturated carbocycles. The minimum atomic E-state index is -1.03. The van der Waals surface area contributed by atoms with Gasteiger partial charge in [-0.05, 0) is 31.5 Å². The molecule has 23 heavy (non-hydrogen) atoms.